The number of aliphatic hydroxyl groups excluding tert-OH is 1. The van der Waals surface area contributed by atoms with E-state index in [1.165, 1.54) is 0 Å². The summed E-state index contributed by atoms with van der Waals surface area (Å²) in [5, 5.41) is 13.6. The molecule has 2 amide bonds. The van der Waals surface area contributed by atoms with Gasteiger partial charge in [-0.2, -0.15) is 0 Å². The summed E-state index contributed by atoms with van der Waals surface area (Å²) in [7, 11) is 0. The standard InChI is InChI=1S/C25H26BrClN4O3/c26-18-4-7-20-22(15-18)29-21(8-3-17-1-5-19(27)6-2-17)24(20)25(34)28-9-10-30-11-13-31(14-12-30)23(33)16-32/h1-8,15,29,32H,9-14,16H2,(H,28,34). The number of aliphatic hydroxyl groups is 1. The van der Waals surface area contributed by atoms with Crippen LogP contribution in [-0.2, 0) is 4.79 Å². The lowest BCUT2D eigenvalue weighted by atomic mass is 10.1. The summed E-state index contributed by atoms with van der Waals surface area (Å²) in [5.41, 5.74) is 3.19. The van der Waals surface area contributed by atoms with Crippen LogP contribution >= 0.6 is 27.5 Å². The molecule has 3 N–H and O–H groups in total. The van der Waals surface area contributed by atoms with E-state index in [0.29, 0.717) is 36.8 Å². The van der Waals surface area contributed by atoms with E-state index in [1.807, 2.05) is 54.6 Å². The summed E-state index contributed by atoms with van der Waals surface area (Å²) in [6, 6.07) is 13.3. The number of benzene rings is 2. The van der Waals surface area contributed by atoms with E-state index in [1.54, 1.807) is 4.90 Å². The second kappa shape index (κ2) is 11.2. The predicted octanol–water partition coefficient (Wildman–Crippen LogP) is 3.62. The molecule has 1 saturated heterocycles. The number of fused-ring (bicyclic) bond motifs is 1. The van der Waals surface area contributed by atoms with Crippen LogP contribution < -0.4 is 5.32 Å². The number of nitrogens with one attached hydrogen (secondary N) is 2. The van der Waals surface area contributed by atoms with Gasteiger partial charge in [-0.25, -0.2) is 0 Å². The molecule has 0 radical (unpaired) electrons. The van der Waals surface area contributed by atoms with E-state index in [-0.39, 0.29) is 11.8 Å². The van der Waals surface area contributed by atoms with Gasteiger partial charge < -0.3 is 20.3 Å². The van der Waals surface area contributed by atoms with Crippen molar-refractivity contribution in [1.82, 2.24) is 20.1 Å². The molecule has 4 rings (SSSR count). The van der Waals surface area contributed by atoms with Crippen molar-refractivity contribution in [3.05, 3.63) is 68.8 Å². The van der Waals surface area contributed by atoms with Gasteiger partial charge in [0.25, 0.3) is 5.91 Å². The fraction of sp³-hybridized carbons (Fsp3) is 0.280. The third-order valence-corrected chi connectivity index (χ3v) is 6.65. The lowest BCUT2D eigenvalue weighted by Crippen LogP contribution is -2.50. The SMILES string of the molecule is O=C(NCCN1CCN(C(=O)CO)CC1)c1c(C=Cc2ccc(Cl)cc2)[nH]c2cc(Br)ccc12. The van der Waals surface area contributed by atoms with Gasteiger partial charge in [0.05, 0.1) is 11.3 Å². The minimum Gasteiger partial charge on any atom is -0.387 e. The largest absolute Gasteiger partial charge is 0.387 e. The van der Waals surface area contributed by atoms with E-state index >= 15 is 0 Å². The predicted molar refractivity (Wildman–Crippen MR) is 139 cm³/mol. The number of rotatable bonds is 7. The summed E-state index contributed by atoms with van der Waals surface area (Å²) < 4.78 is 0.931. The highest BCUT2D eigenvalue weighted by molar-refractivity contribution is 9.10. The van der Waals surface area contributed by atoms with Gasteiger partial charge >= 0.3 is 0 Å². The van der Waals surface area contributed by atoms with Crippen molar-refractivity contribution in [3.63, 3.8) is 0 Å². The first-order valence-electron chi connectivity index (χ1n) is 11.1. The minimum atomic E-state index is -0.452. The maximum absolute atomic E-state index is 13.2. The van der Waals surface area contributed by atoms with Gasteiger partial charge in [0, 0.05) is 59.7 Å². The van der Waals surface area contributed by atoms with Gasteiger partial charge in [0.1, 0.15) is 6.61 Å². The van der Waals surface area contributed by atoms with E-state index in [4.69, 9.17) is 16.7 Å². The van der Waals surface area contributed by atoms with Crippen LogP contribution in [0.5, 0.6) is 0 Å². The number of hydrogen-bond acceptors (Lipinski definition) is 4. The van der Waals surface area contributed by atoms with Crippen LogP contribution in [0, 0.1) is 0 Å². The number of carbonyl (C=O) groups excluding carboxylic acids is 2. The van der Waals surface area contributed by atoms with Crippen LogP contribution in [0.3, 0.4) is 0 Å². The molecule has 1 fully saturated rings. The van der Waals surface area contributed by atoms with Crippen molar-refractivity contribution in [3.8, 4) is 0 Å². The molecule has 0 saturated carbocycles. The Hall–Kier alpha value is -2.65. The number of nitrogens with zero attached hydrogens (tertiary/aromatic N) is 2. The Morgan fingerprint density at radius 3 is 2.53 bits per heavy atom. The molecule has 0 aliphatic carbocycles. The quantitative estimate of drug-likeness (QED) is 0.423. The van der Waals surface area contributed by atoms with Crippen LogP contribution in [0.4, 0.5) is 0 Å². The van der Waals surface area contributed by atoms with Crippen LogP contribution in [-0.4, -0.2) is 77.6 Å². The normalized spacial score (nSPS) is 14.7. The summed E-state index contributed by atoms with van der Waals surface area (Å²) >= 11 is 9.47. The monoisotopic (exact) mass is 544 g/mol. The second-order valence-electron chi connectivity index (χ2n) is 8.12. The lowest BCUT2D eigenvalue weighted by molar-refractivity contribution is -0.135. The summed E-state index contributed by atoms with van der Waals surface area (Å²) in [5.74, 6) is -0.378. The molecule has 3 aromatic rings. The number of piperazine rings is 1. The lowest BCUT2D eigenvalue weighted by Gasteiger charge is -2.34. The maximum Gasteiger partial charge on any atom is 0.254 e. The van der Waals surface area contributed by atoms with Gasteiger partial charge in [-0.05, 0) is 35.9 Å². The Balaban J connectivity index is 1.44. The first-order valence-corrected chi connectivity index (χ1v) is 12.3. The third-order valence-electron chi connectivity index (χ3n) is 5.90. The number of carbonyl (C=O) groups is 2. The van der Waals surface area contributed by atoms with Crippen molar-refractivity contribution < 1.29 is 14.7 Å². The number of aromatic amines is 1. The molecule has 0 atom stereocenters. The van der Waals surface area contributed by atoms with Gasteiger partial charge in [0.2, 0.25) is 5.91 Å². The molecule has 9 heteroatoms. The topological polar surface area (TPSA) is 88.7 Å². The first-order chi connectivity index (χ1) is 16.4. The van der Waals surface area contributed by atoms with Crippen LogP contribution in [0.15, 0.2) is 46.9 Å². The third kappa shape index (κ3) is 5.88. The summed E-state index contributed by atoms with van der Waals surface area (Å²) in [6.07, 6.45) is 3.85. The summed E-state index contributed by atoms with van der Waals surface area (Å²) in [4.78, 5) is 32.0. The maximum atomic E-state index is 13.2. The van der Waals surface area contributed by atoms with Gasteiger partial charge in [0.15, 0.2) is 0 Å². The fourth-order valence-corrected chi connectivity index (χ4v) is 4.54. The van der Waals surface area contributed by atoms with E-state index in [2.05, 4.69) is 31.1 Å². The number of amides is 2. The number of hydrogen-bond donors (Lipinski definition) is 3. The number of H-pyrrole nitrogens is 1. The first kappa shape index (κ1) is 24.5. The zero-order chi connectivity index (χ0) is 24.1. The van der Waals surface area contributed by atoms with Gasteiger partial charge in [-0.15, -0.1) is 0 Å². The minimum absolute atomic E-state index is 0.140. The Morgan fingerprint density at radius 2 is 1.82 bits per heavy atom. The molecule has 178 valence electrons. The molecule has 7 nitrogen and oxygen atoms in total. The fourth-order valence-electron chi connectivity index (χ4n) is 4.05. The van der Waals surface area contributed by atoms with E-state index < -0.39 is 6.61 Å². The smallest absolute Gasteiger partial charge is 0.254 e. The average Bonchev–Trinajstić information content (AvgIpc) is 3.21. The Morgan fingerprint density at radius 1 is 1.09 bits per heavy atom. The molecule has 2 aromatic carbocycles. The highest BCUT2D eigenvalue weighted by atomic mass is 79.9. The molecule has 1 aliphatic heterocycles. The highest BCUT2D eigenvalue weighted by Gasteiger charge is 2.21. The van der Waals surface area contributed by atoms with Crippen LogP contribution in [0.2, 0.25) is 5.02 Å². The Labute approximate surface area is 211 Å². The average molecular weight is 546 g/mol. The number of aromatic nitrogens is 1. The van der Waals surface area contributed by atoms with Crippen molar-refractivity contribution >= 4 is 62.4 Å². The molecular formula is C25H26BrClN4O3. The number of halogens is 2. The highest BCUT2D eigenvalue weighted by Crippen LogP contribution is 2.27. The zero-order valence-corrected chi connectivity index (χ0v) is 20.9. The molecule has 0 spiro atoms. The Bertz CT molecular complexity index is 1200. The summed E-state index contributed by atoms with van der Waals surface area (Å²) in [6.45, 7) is 3.35. The molecular weight excluding hydrogens is 520 g/mol. The van der Waals surface area contributed by atoms with Gasteiger partial charge in [-0.3, -0.25) is 14.5 Å². The van der Waals surface area contributed by atoms with E-state index in [9.17, 15) is 9.59 Å². The second-order valence-corrected chi connectivity index (χ2v) is 9.48. The van der Waals surface area contributed by atoms with Crippen LogP contribution in [0.1, 0.15) is 21.6 Å². The van der Waals surface area contributed by atoms with Gasteiger partial charge in [-0.1, -0.05) is 51.8 Å². The molecule has 1 aliphatic rings. The van der Waals surface area contributed by atoms with Crippen molar-refractivity contribution in [2.75, 3.05) is 45.9 Å². The molecule has 1 aromatic heterocycles. The molecule has 0 bridgehead atoms. The van der Waals surface area contributed by atoms with Crippen LogP contribution in [0.25, 0.3) is 23.1 Å². The van der Waals surface area contributed by atoms with Crippen molar-refractivity contribution in [2.45, 2.75) is 0 Å². The molecule has 34 heavy (non-hydrogen) atoms. The van der Waals surface area contributed by atoms with Crippen molar-refractivity contribution in [1.29, 1.82) is 0 Å². The molecule has 2 heterocycles. The molecule has 0 unspecified atom stereocenters. The van der Waals surface area contributed by atoms with E-state index in [0.717, 1.165) is 39.7 Å². The Kier molecular flexibility index (Phi) is 8.05. The van der Waals surface area contributed by atoms with Crippen molar-refractivity contribution in [2.24, 2.45) is 0 Å². The zero-order valence-electron chi connectivity index (χ0n) is 18.6.